The van der Waals surface area contributed by atoms with Crippen LogP contribution in [0.5, 0.6) is 0 Å². The minimum Gasteiger partial charge on any atom is -0.336 e. The summed E-state index contributed by atoms with van der Waals surface area (Å²) in [5, 5.41) is 0. The Morgan fingerprint density at radius 1 is 1.33 bits per heavy atom. The average molecular weight is 170 g/mol. The molecular formula is C7H10N2O3. The summed E-state index contributed by atoms with van der Waals surface area (Å²) in [6.45, 7) is 0.955. The van der Waals surface area contributed by atoms with E-state index < -0.39 is 11.8 Å². The third-order valence-corrected chi connectivity index (χ3v) is 1.82. The molecule has 1 saturated heterocycles. The van der Waals surface area contributed by atoms with Gasteiger partial charge in [0.1, 0.15) is 6.29 Å². The van der Waals surface area contributed by atoms with Gasteiger partial charge in [0.05, 0.1) is 6.54 Å². The summed E-state index contributed by atoms with van der Waals surface area (Å²) in [5.74, 6) is -1.13. The smallest absolute Gasteiger partial charge is 0.312 e. The van der Waals surface area contributed by atoms with E-state index in [0.29, 0.717) is 19.4 Å². The Kier molecular flexibility index (Phi) is 2.42. The summed E-state index contributed by atoms with van der Waals surface area (Å²) in [6.07, 6.45) is 0.622. The standard InChI is InChI=1S/C7H10N2O3/c1-8-2-3-9(4-5-10)7(12)6(8)11/h5H,2-4H2,1H3. The minimum atomic E-state index is -0.587. The summed E-state index contributed by atoms with van der Waals surface area (Å²) < 4.78 is 0. The normalized spacial score (nSPS) is 18.4. The molecule has 12 heavy (non-hydrogen) atoms. The van der Waals surface area contributed by atoms with Gasteiger partial charge in [0, 0.05) is 20.1 Å². The van der Waals surface area contributed by atoms with Crippen molar-refractivity contribution >= 4 is 18.1 Å². The number of carbonyl (C=O) groups is 3. The number of piperazine rings is 1. The molecule has 0 unspecified atom stereocenters. The Morgan fingerprint density at radius 2 is 2.00 bits per heavy atom. The highest BCUT2D eigenvalue weighted by molar-refractivity contribution is 6.35. The van der Waals surface area contributed by atoms with Crippen LogP contribution in [0.4, 0.5) is 0 Å². The van der Waals surface area contributed by atoms with Crippen LogP contribution in [0.25, 0.3) is 0 Å². The number of hydrogen-bond acceptors (Lipinski definition) is 3. The molecule has 1 aliphatic heterocycles. The maximum atomic E-state index is 11.1. The third-order valence-electron chi connectivity index (χ3n) is 1.82. The van der Waals surface area contributed by atoms with Crippen molar-refractivity contribution in [2.75, 3.05) is 26.7 Å². The maximum absolute atomic E-state index is 11.1. The van der Waals surface area contributed by atoms with Gasteiger partial charge in [-0.25, -0.2) is 0 Å². The second-order valence-corrected chi connectivity index (χ2v) is 2.64. The lowest BCUT2D eigenvalue weighted by Crippen LogP contribution is -2.53. The highest BCUT2D eigenvalue weighted by atomic mass is 16.2. The monoisotopic (exact) mass is 170 g/mol. The molecule has 1 rings (SSSR count). The lowest BCUT2D eigenvalue weighted by molar-refractivity contribution is -0.155. The summed E-state index contributed by atoms with van der Waals surface area (Å²) in [5.41, 5.74) is 0. The van der Waals surface area contributed by atoms with Crippen LogP contribution in [-0.2, 0) is 14.4 Å². The van der Waals surface area contributed by atoms with Crippen LogP contribution in [0.3, 0.4) is 0 Å². The first-order chi connectivity index (χ1) is 5.66. The van der Waals surface area contributed by atoms with E-state index in [1.807, 2.05) is 0 Å². The summed E-state index contributed by atoms with van der Waals surface area (Å²) in [7, 11) is 1.57. The van der Waals surface area contributed by atoms with Gasteiger partial charge in [-0.3, -0.25) is 9.59 Å². The van der Waals surface area contributed by atoms with Crippen molar-refractivity contribution in [3.8, 4) is 0 Å². The predicted octanol–water partition coefficient (Wildman–Crippen LogP) is -1.51. The number of likely N-dealkylation sites (N-methyl/N-ethyl adjacent to an activating group) is 1. The zero-order chi connectivity index (χ0) is 9.14. The molecule has 1 aliphatic rings. The zero-order valence-electron chi connectivity index (χ0n) is 6.82. The fourth-order valence-corrected chi connectivity index (χ4v) is 1.04. The van der Waals surface area contributed by atoms with Gasteiger partial charge in [-0.15, -0.1) is 0 Å². The van der Waals surface area contributed by atoms with Gasteiger partial charge in [-0.2, -0.15) is 0 Å². The molecule has 0 spiro atoms. The molecule has 0 aliphatic carbocycles. The van der Waals surface area contributed by atoms with Gasteiger partial charge >= 0.3 is 11.8 Å². The van der Waals surface area contributed by atoms with E-state index in [0.717, 1.165) is 0 Å². The summed E-state index contributed by atoms with van der Waals surface area (Å²) >= 11 is 0. The molecule has 0 aromatic rings. The van der Waals surface area contributed by atoms with Crippen molar-refractivity contribution < 1.29 is 14.4 Å². The van der Waals surface area contributed by atoms with E-state index in [1.165, 1.54) is 9.80 Å². The highest BCUT2D eigenvalue weighted by Gasteiger charge is 2.29. The number of carbonyl (C=O) groups excluding carboxylic acids is 3. The van der Waals surface area contributed by atoms with Crippen molar-refractivity contribution in [3.63, 3.8) is 0 Å². The molecule has 0 bridgehead atoms. The van der Waals surface area contributed by atoms with Crippen molar-refractivity contribution in [2.24, 2.45) is 0 Å². The molecule has 0 atom stereocenters. The molecule has 0 aromatic carbocycles. The number of amides is 2. The van der Waals surface area contributed by atoms with Gasteiger partial charge in [0.25, 0.3) is 0 Å². The fourth-order valence-electron chi connectivity index (χ4n) is 1.04. The van der Waals surface area contributed by atoms with Crippen molar-refractivity contribution in [1.82, 2.24) is 9.80 Å². The Balaban J connectivity index is 2.65. The molecule has 5 nitrogen and oxygen atoms in total. The van der Waals surface area contributed by atoms with Gasteiger partial charge in [0.2, 0.25) is 0 Å². The first-order valence-corrected chi connectivity index (χ1v) is 3.65. The molecular weight excluding hydrogens is 160 g/mol. The average Bonchev–Trinajstić information content (AvgIpc) is 2.07. The molecule has 1 fully saturated rings. The van der Waals surface area contributed by atoms with Gasteiger partial charge in [-0.1, -0.05) is 0 Å². The van der Waals surface area contributed by atoms with Crippen LogP contribution >= 0.6 is 0 Å². The first-order valence-electron chi connectivity index (χ1n) is 3.65. The van der Waals surface area contributed by atoms with Crippen LogP contribution in [-0.4, -0.2) is 54.6 Å². The quantitative estimate of drug-likeness (QED) is 0.374. The molecule has 0 N–H and O–H groups in total. The SMILES string of the molecule is CN1CCN(CC=O)C(=O)C1=O. The molecule has 66 valence electrons. The highest BCUT2D eigenvalue weighted by Crippen LogP contribution is 2.00. The van der Waals surface area contributed by atoms with E-state index in [9.17, 15) is 14.4 Å². The zero-order valence-corrected chi connectivity index (χ0v) is 6.82. The minimum absolute atomic E-state index is 0.0123. The Bertz CT molecular complexity index is 227. The fraction of sp³-hybridized carbons (Fsp3) is 0.571. The molecule has 0 saturated carbocycles. The van der Waals surface area contributed by atoms with E-state index >= 15 is 0 Å². The summed E-state index contributed by atoms with van der Waals surface area (Å²) in [6, 6.07) is 0. The van der Waals surface area contributed by atoms with Gasteiger partial charge in [-0.05, 0) is 0 Å². The van der Waals surface area contributed by atoms with Crippen molar-refractivity contribution in [2.45, 2.75) is 0 Å². The number of aldehydes is 1. The van der Waals surface area contributed by atoms with Crippen LogP contribution in [0, 0.1) is 0 Å². The molecule has 5 heteroatoms. The number of hydrogen-bond donors (Lipinski definition) is 0. The predicted molar refractivity (Wildman–Crippen MR) is 40.3 cm³/mol. The Morgan fingerprint density at radius 3 is 2.58 bits per heavy atom. The molecule has 2 amide bonds. The molecule has 0 aromatic heterocycles. The molecule has 1 heterocycles. The Labute approximate surface area is 69.9 Å². The third kappa shape index (κ3) is 1.44. The van der Waals surface area contributed by atoms with Crippen LogP contribution < -0.4 is 0 Å². The van der Waals surface area contributed by atoms with Crippen molar-refractivity contribution in [1.29, 1.82) is 0 Å². The van der Waals surface area contributed by atoms with E-state index in [1.54, 1.807) is 7.05 Å². The second kappa shape index (κ2) is 3.34. The van der Waals surface area contributed by atoms with E-state index in [-0.39, 0.29) is 6.54 Å². The van der Waals surface area contributed by atoms with Crippen molar-refractivity contribution in [3.05, 3.63) is 0 Å². The van der Waals surface area contributed by atoms with Gasteiger partial charge in [0.15, 0.2) is 0 Å². The lowest BCUT2D eigenvalue weighted by Gasteiger charge is -2.29. The summed E-state index contributed by atoms with van der Waals surface area (Å²) in [4.78, 5) is 34.8. The maximum Gasteiger partial charge on any atom is 0.312 e. The second-order valence-electron chi connectivity index (χ2n) is 2.64. The van der Waals surface area contributed by atoms with Crippen LogP contribution in [0.15, 0.2) is 0 Å². The number of nitrogens with zero attached hydrogens (tertiary/aromatic N) is 2. The topological polar surface area (TPSA) is 57.7 Å². The van der Waals surface area contributed by atoms with Crippen LogP contribution in [0.1, 0.15) is 0 Å². The Hall–Kier alpha value is -1.39. The molecule has 0 radical (unpaired) electrons. The van der Waals surface area contributed by atoms with Crippen LogP contribution in [0.2, 0.25) is 0 Å². The first kappa shape index (κ1) is 8.70. The van der Waals surface area contributed by atoms with Gasteiger partial charge < -0.3 is 14.6 Å². The van der Waals surface area contributed by atoms with E-state index in [2.05, 4.69) is 0 Å². The number of rotatable bonds is 2. The van der Waals surface area contributed by atoms with E-state index in [4.69, 9.17) is 0 Å². The largest absolute Gasteiger partial charge is 0.336 e. The lowest BCUT2D eigenvalue weighted by atomic mass is 10.3.